The standard InChI is InChI=1S/C19H19N3OS/c1-3-4-17-11-15(9-10-20-17)19-22-18(12-24-19)14-5-7-16(8-6-14)21-13(2)23/h5-12H,3-4H2,1-2H3,(H,21,23). The topological polar surface area (TPSA) is 54.9 Å². The largest absolute Gasteiger partial charge is 0.326 e. The summed E-state index contributed by atoms with van der Waals surface area (Å²) < 4.78 is 0. The molecule has 2 heterocycles. The molecule has 1 amide bonds. The lowest BCUT2D eigenvalue weighted by Crippen LogP contribution is -2.05. The fourth-order valence-electron chi connectivity index (χ4n) is 2.47. The molecule has 3 aromatic rings. The second kappa shape index (κ2) is 7.36. The highest BCUT2D eigenvalue weighted by molar-refractivity contribution is 7.13. The van der Waals surface area contributed by atoms with Crippen LogP contribution in [0, 0.1) is 0 Å². The van der Waals surface area contributed by atoms with Gasteiger partial charge in [-0.2, -0.15) is 0 Å². The van der Waals surface area contributed by atoms with E-state index >= 15 is 0 Å². The van der Waals surface area contributed by atoms with Gasteiger partial charge in [0.25, 0.3) is 0 Å². The third-order valence-corrected chi connectivity index (χ3v) is 4.47. The lowest BCUT2D eigenvalue weighted by atomic mass is 10.1. The summed E-state index contributed by atoms with van der Waals surface area (Å²) in [6.07, 6.45) is 3.92. The van der Waals surface area contributed by atoms with Crippen LogP contribution in [0.3, 0.4) is 0 Å². The lowest BCUT2D eigenvalue weighted by Gasteiger charge is -2.03. The van der Waals surface area contributed by atoms with Crippen LogP contribution < -0.4 is 5.32 Å². The molecule has 0 saturated heterocycles. The smallest absolute Gasteiger partial charge is 0.221 e. The number of nitrogens with zero attached hydrogens (tertiary/aromatic N) is 2. The molecule has 0 aliphatic rings. The molecule has 3 rings (SSSR count). The molecule has 4 nitrogen and oxygen atoms in total. The van der Waals surface area contributed by atoms with E-state index in [0.29, 0.717) is 0 Å². The minimum Gasteiger partial charge on any atom is -0.326 e. The molecule has 0 atom stereocenters. The highest BCUT2D eigenvalue weighted by atomic mass is 32.1. The number of rotatable bonds is 5. The van der Waals surface area contributed by atoms with Crippen LogP contribution in [0.2, 0.25) is 0 Å². The first-order valence-electron chi connectivity index (χ1n) is 7.94. The van der Waals surface area contributed by atoms with Crippen molar-refractivity contribution < 1.29 is 4.79 Å². The Balaban J connectivity index is 1.82. The molecule has 0 fully saturated rings. The molecular formula is C19H19N3OS. The first-order chi connectivity index (χ1) is 11.7. The Hall–Kier alpha value is -2.53. The number of amides is 1. The van der Waals surface area contributed by atoms with E-state index in [1.807, 2.05) is 36.5 Å². The van der Waals surface area contributed by atoms with Gasteiger partial charge in [0, 0.05) is 41.0 Å². The lowest BCUT2D eigenvalue weighted by molar-refractivity contribution is -0.114. The average Bonchev–Trinajstić information content (AvgIpc) is 3.06. The molecule has 0 aliphatic heterocycles. The Morgan fingerprint density at radius 3 is 2.67 bits per heavy atom. The van der Waals surface area contributed by atoms with E-state index in [1.165, 1.54) is 6.92 Å². The number of carbonyl (C=O) groups excluding carboxylic acids is 1. The van der Waals surface area contributed by atoms with Crippen LogP contribution >= 0.6 is 11.3 Å². The zero-order chi connectivity index (χ0) is 16.9. The van der Waals surface area contributed by atoms with Gasteiger partial charge in [-0.05, 0) is 30.7 Å². The quantitative estimate of drug-likeness (QED) is 0.729. The summed E-state index contributed by atoms with van der Waals surface area (Å²) >= 11 is 1.63. The minimum absolute atomic E-state index is 0.0701. The van der Waals surface area contributed by atoms with Gasteiger partial charge in [-0.15, -0.1) is 11.3 Å². The number of hydrogen-bond donors (Lipinski definition) is 1. The summed E-state index contributed by atoms with van der Waals surface area (Å²) in [6.45, 7) is 3.66. The number of nitrogens with one attached hydrogen (secondary N) is 1. The van der Waals surface area contributed by atoms with Crippen molar-refractivity contribution in [3.8, 4) is 21.8 Å². The molecule has 0 bridgehead atoms. The monoisotopic (exact) mass is 337 g/mol. The van der Waals surface area contributed by atoms with Crippen LogP contribution in [-0.4, -0.2) is 15.9 Å². The van der Waals surface area contributed by atoms with Crippen LogP contribution in [0.1, 0.15) is 26.0 Å². The van der Waals surface area contributed by atoms with E-state index in [2.05, 4.69) is 28.7 Å². The molecule has 0 aliphatic carbocycles. The molecule has 1 N–H and O–H groups in total. The number of thiazole rings is 1. The van der Waals surface area contributed by atoms with Gasteiger partial charge in [0.2, 0.25) is 5.91 Å². The number of pyridine rings is 1. The molecule has 1 aromatic carbocycles. The van der Waals surface area contributed by atoms with Crippen LogP contribution in [0.25, 0.3) is 21.8 Å². The van der Waals surface area contributed by atoms with Gasteiger partial charge in [0.15, 0.2) is 0 Å². The number of anilines is 1. The Morgan fingerprint density at radius 2 is 1.96 bits per heavy atom. The van der Waals surface area contributed by atoms with Crippen LogP contribution in [0.15, 0.2) is 48.0 Å². The minimum atomic E-state index is -0.0701. The van der Waals surface area contributed by atoms with Crippen molar-refractivity contribution in [1.29, 1.82) is 0 Å². The van der Waals surface area contributed by atoms with Gasteiger partial charge in [-0.3, -0.25) is 9.78 Å². The summed E-state index contributed by atoms with van der Waals surface area (Å²) in [5.41, 5.74) is 4.98. The number of hydrogen-bond acceptors (Lipinski definition) is 4. The Morgan fingerprint density at radius 1 is 1.17 bits per heavy atom. The fraction of sp³-hybridized carbons (Fsp3) is 0.211. The maximum Gasteiger partial charge on any atom is 0.221 e. The van der Waals surface area contributed by atoms with E-state index in [0.717, 1.165) is 46.1 Å². The second-order valence-electron chi connectivity index (χ2n) is 5.58. The number of benzene rings is 1. The summed E-state index contributed by atoms with van der Waals surface area (Å²) in [4.78, 5) is 20.2. The molecule has 5 heteroatoms. The predicted octanol–water partition coefficient (Wildman–Crippen LogP) is 4.78. The molecule has 24 heavy (non-hydrogen) atoms. The maximum absolute atomic E-state index is 11.1. The first-order valence-corrected chi connectivity index (χ1v) is 8.82. The molecule has 0 saturated carbocycles. The van der Waals surface area contributed by atoms with E-state index in [1.54, 1.807) is 11.3 Å². The fourth-order valence-corrected chi connectivity index (χ4v) is 3.30. The van der Waals surface area contributed by atoms with Crippen LogP contribution in [0.5, 0.6) is 0 Å². The molecule has 2 aromatic heterocycles. The van der Waals surface area contributed by atoms with E-state index < -0.39 is 0 Å². The summed E-state index contributed by atoms with van der Waals surface area (Å²) in [7, 11) is 0. The van der Waals surface area contributed by atoms with Crippen molar-refractivity contribution in [2.45, 2.75) is 26.7 Å². The van der Waals surface area contributed by atoms with Gasteiger partial charge in [-0.1, -0.05) is 25.5 Å². The zero-order valence-corrected chi connectivity index (χ0v) is 14.6. The predicted molar refractivity (Wildman–Crippen MR) is 99.1 cm³/mol. The van der Waals surface area contributed by atoms with E-state index in [-0.39, 0.29) is 5.91 Å². The van der Waals surface area contributed by atoms with Crippen molar-refractivity contribution in [2.24, 2.45) is 0 Å². The Labute approximate surface area is 145 Å². The molecule has 122 valence electrons. The summed E-state index contributed by atoms with van der Waals surface area (Å²) in [5.74, 6) is -0.0701. The zero-order valence-electron chi connectivity index (χ0n) is 13.7. The molecule has 0 radical (unpaired) electrons. The second-order valence-corrected chi connectivity index (χ2v) is 6.44. The van der Waals surface area contributed by atoms with E-state index in [9.17, 15) is 4.79 Å². The van der Waals surface area contributed by atoms with E-state index in [4.69, 9.17) is 4.98 Å². The Bertz CT molecular complexity index is 840. The van der Waals surface area contributed by atoms with Gasteiger partial charge < -0.3 is 5.32 Å². The van der Waals surface area contributed by atoms with Gasteiger partial charge in [0.1, 0.15) is 5.01 Å². The number of aromatic nitrogens is 2. The van der Waals surface area contributed by atoms with Crippen LogP contribution in [0.4, 0.5) is 5.69 Å². The third-order valence-electron chi connectivity index (χ3n) is 3.57. The van der Waals surface area contributed by atoms with Gasteiger partial charge in [0.05, 0.1) is 5.69 Å². The van der Waals surface area contributed by atoms with Crippen molar-refractivity contribution in [2.75, 3.05) is 5.32 Å². The van der Waals surface area contributed by atoms with Crippen molar-refractivity contribution in [3.05, 3.63) is 53.7 Å². The van der Waals surface area contributed by atoms with Crippen molar-refractivity contribution >= 4 is 22.9 Å². The number of aryl methyl sites for hydroxylation is 1. The average molecular weight is 337 g/mol. The van der Waals surface area contributed by atoms with Crippen LogP contribution in [-0.2, 0) is 11.2 Å². The first kappa shape index (κ1) is 16.3. The summed E-state index contributed by atoms with van der Waals surface area (Å²) in [6, 6.07) is 11.8. The number of carbonyl (C=O) groups is 1. The van der Waals surface area contributed by atoms with Crippen molar-refractivity contribution in [1.82, 2.24) is 9.97 Å². The van der Waals surface area contributed by atoms with Gasteiger partial charge >= 0.3 is 0 Å². The molecule has 0 unspecified atom stereocenters. The third kappa shape index (κ3) is 3.86. The SMILES string of the molecule is CCCc1cc(-c2nc(-c3ccc(NC(C)=O)cc3)cs2)ccn1. The van der Waals surface area contributed by atoms with Crippen molar-refractivity contribution in [3.63, 3.8) is 0 Å². The maximum atomic E-state index is 11.1. The normalized spacial score (nSPS) is 10.6. The molecular weight excluding hydrogens is 318 g/mol. The van der Waals surface area contributed by atoms with Gasteiger partial charge in [-0.25, -0.2) is 4.98 Å². The highest BCUT2D eigenvalue weighted by Crippen LogP contribution is 2.29. The summed E-state index contributed by atoms with van der Waals surface area (Å²) in [5, 5.41) is 5.82. The highest BCUT2D eigenvalue weighted by Gasteiger charge is 2.08. The molecule has 0 spiro atoms. The Kier molecular flexibility index (Phi) is 5.01.